The lowest BCUT2D eigenvalue weighted by Crippen LogP contribution is -2.11. The van der Waals surface area contributed by atoms with Crippen molar-refractivity contribution in [3.63, 3.8) is 0 Å². The van der Waals surface area contributed by atoms with Crippen LogP contribution in [0.25, 0.3) is 0 Å². The molecular weight excluding hydrogens is 152 g/mol. The van der Waals surface area contributed by atoms with Gasteiger partial charge in [0.05, 0.1) is 12.7 Å². The summed E-state index contributed by atoms with van der Waals surface area (Å²) < 4.78 is 0. The lowest BCUT2D eigenvalue weighted by atomic mass is 10.00. The number of aliphatic hydroxyl groups is 2. The number of hydrogen-bond donors (Lipinski definition) is 2. The first-order valence-electron chi connectivity index (χ1n) is 4.99. The molecule has 2 heteroatoms. The molecule has 2 unspecified atom stereocenters. The van der Waals surface area contributed by atoms with Gasteiger partial charge in [-0.1, -0.05) is 39.5 Å². The third-order valence-corrected chi connectivity index (χ3v) is 2.39. The molecule has 74 valence electrons. The zero-order chi connectivity index (χ0) is 9.40. The average molecular weight is 174 g/mol. The first kappa shape index (κ1) is 11.9. The Bertz CT molecular complexity index is 81.8. The summed E-state index contributed by atoms with van der Waals surface area (Å²) in [7, 11) is 0. The van der Waals surface area contributed by atoms with E-state index < -0.39 is 6.10 Å². The minimum atomic E-state index is -0.498. The molecule has 2 atom stereocenters. The molecule has 2 N–H and O–H groups in total. The van der Waals surface area contributed by atoms with E-state index in [1.54, 1.807) is 0 Å². The Morgan fingerprint density at radius 3 is 2.25 bits per heavy atom. The van der Waals surface area contributed by atoms with Gasteiger partial charge in [-0.2, -0.15) is 0 Å². The fourth-order valence-corrected chi connectivity index (χ4v) is 1.17. The number of aliphatic hydroxyl groups excluding tert-OH is 2. The van der Waals surface area contributed by atoms with Crippen molar-refractivity contribution in [1.29, 1.82) is 0 Å². The number of rotatable bonds is 7. The van der Waals surface area contributed by atoms with E-state index in [0.29, 0.717) is 0 Å². The largest absolute Gasteiger partial charge is 0.394 e. The zero-order valence-corrected chi connectivity index (χ0v) is 8.29. The maximum absolute atomic E-state index is 9.03. The van der Waals surface area contributed by atoms with Crippen molar-refractivity contribution in [1.82, 2.24) is 0 Å². The zero-order valence-electron chi connectivity index (χ0n) is 8.29. The van der Waals surface area contributed by atoms with Gasteiger partial charge in [0.25, 0.3) is 0 Å². The molecule has 0 radical (unpaired) electrons. The highest BCUT2D eigenvalue weighted by atomic mass is 16.3. The predicted molar refractivity (Wildman–Crippen MR) is 51.0 cm³/mol. The molecule has 0 bridgehead atoms. The second-order valence-electron chi connectivity index (χ2n) is 3.63. The first-order valence-corrected chi connectivity index (χ1v) is 4.99. The summed E-state index contributed by atoms with van der Waals surface area (Å²) in [4.78, 5) is 0. The van der Waals surface area contributed by atoms with Crippen LogP contribution in [-0.2, 0) is 0 Å². The molecular formula is C10H22O2. The topological polar surface area (TPSA) is 40.5 Å². The Labute approximate surface area is 75.6 Å². The lowest BCUT2D eigenvalue weighted by molar-refractivity contribution is 0.0857. The van der Waals surface area contributed by atoms with Crippen LogP contribution in [0.1, 0.15) is 46.0 Å². The molecule has 0 amide bonds. The Morgan fingerprint density at radius 1 is 1.17 bits per heavy atom. The van der Waals surface area contributed by atoms with Crippen LogP contribution in [0.3, 0.4) is 0 Å². The van der Waals surface area contributed by atoms with Gasteiger partial charge >= 0.3 is 0 Å². The van der Waals surface area contributed by atoms with Gasteiger partial charge in [0.15, 0.2) is 0 Å². The Balaban J connectivity index is 3.10. The van der Waals surface area contributed by atoms with E-state index in [0.717, 1.165) is 18.8 Å². The van der Waals surface area contributed by atoms with Crippen molar-refractivity contribution in [2.45, 2.75) is 52.1 Å². The Hall–Kier alpha value is -0.0800. The van der Waals surface area contributed by atoms with Crippen LogP contribution in [0.2, 0.25) is 0 Å². The highest BCUT2D eigenvalue weighted by Gasteiger charge is 2.02. The fourth-order valence-electron chi connectivity index (χ4n) is 1.17. The number of unbranched alkanes of at least 4 members (excludes halogenated alkanes) is 1. The molecule has 2 nitrogen and oxygen atoms in total. The lowest BCUT2D eigenvalue weighted by Gasteiger charge is -2.09. The third kappa shape index (κ3) is 6.62. The molecule has 0 aromatic rings. The van der Waals surface area contributed by atoms with E-state index in [1.807, 2.05) is 0 Å². The molecule has 0 aromatic carbocycles. The van der Waals surface area contributed by atoms with Gasteiger partial charge in [-0.25, -0.2) is 0 Å². The average Bonchev–Trinajstić information content (AvgIpc) is 2.11. The van der Waals surface area contributed by atoms with E-state index >= 15 is 0 Å². The molecule has 0 aromatic heterocycles. The van der Waals surface area contributed by atoms with Gasteiger partial charge < -0.3 is 10.2 Å². The van der Waals surface area contributed by atoms with Crippen molar-refractivity contribution < 1.29 is 10.2 Å². The Morgan fingerprint density at radius 2 is 1.75 bits per heavy atom. The Kier molecular flexibility index (Phi) is 7.51. The summed E-state index contributed by atoms with van der Waals surface area (Å²) in [5.74, 6) is 0.802. The highest BCUT2D eigenvalue weighted by molar-refractivity contribution is 4.55. The van der Waals surface area contributed by atoms with E-state index in [4.69, 9.17) is 10.2 Å². The minimum absolute atomic E-state index is 0.0939. The van der Waals surface area contributed by atoms with Crippen LogP contribution in [-0.4, -0.2) is 22.9 Å². The van der Waals surface area contributed by atoms with Crippen LogP contribution in [0.5, 0.6) is 0 Å². The molecule has 0 spiro atoms. The van der Waals surface area contributed by atoms with Gasteiger partial charge in [-0.3, -0.25) is 0 Å². The highest BCUT2D eigenvalue weighted by Crippen LogP contribution is 2.12. The molecule has 0 fully saturated rings. The minimum Gasteiger partial charge on any atom is -0.394 e. The summed E-state index contributed by atoms with van der Waals surface area (Å²) in [5.41, 5.74) is 0. The third-order valence-electron chi connectivity index (χ3n) is 2.39. The monoisotopic (exact) mass is 174 g/mol. The molecule has 0 heterocycles. The first-order chi connectivity index (χ1) is 5.70. The van der Waals surface area contributed by atoms with Crippen LogP contribution in [0, 0.1) is 5.92 Å². The van der Waals surface area contributed by atoms with Gasteiger partial charge in [0.1, 0.15) is 0 Å². The van der Waals surface area contributed by atoms with Gasteiger partial charge in [-0.15, -0.1) is 0 Å². The smallest absolute Gasteiger partial charge is 0.0770 e. The van der Waals surface area contributed by atoms with E-state index in [9.17, 15) is 0 Å². The summed E-state index contributed by atoms with van der Waals surface area (Å²) in [6.07, 6.45) is 4.93. The van der Waals surface area contributed by atoms with Crippen LogP contribution in [0.15, 0.2) is 0 Å². The summed E-state index contributed by atoms with van der Waals surface area (Å²) in [6.45, 7) is 4.36. The van der Waals surface area contributed by atoms with Gasteiger partial charge in [-0.05, 0) is 12.3 Å². The SMILES string of the molecule is CCC(C)CCCCC(O)CO. The molecule has 0 rings (SSSR count). The van der Waals surface area contributed by atoms with Gasteiger partial charge in [0.2, 0.25) is 0 Å². The van der Waals surface area contributed by atoms with Crippen molar-refractivity contribution in [2.24, 2.45) is 5.92 Å². The number of hydrogen-bond acceptors (Lipinski definition) is 2. The fraction of sp³-hybridized carbons (Fsp3) is 1.00. The summed E-state index contributed by atoms with van der Waals surface area (Å²) in [5, 5.41) is 17.6. The predicted octanol–water partition coefficient (Wildman–Crippen LogP) is 1.95. The van der Waals surface area contributed by atoms with Gasteiger partial charge in [0, 0.05) is 0 Å². The maximum atomic E-state index is 9.03. The normalized spacial score (nSPS) is 16.0. The summed E-state index contributed by atoms with van der Waals surface area (Å²) in [6, 6.07) is 0. The van der Waals surface area contributed by atoms with Crippen molar-refractivity contribution in [2.75, 3.05) is 6.61 Å². The molecule has 0 aliphatic rings. The van der Waals surface area contributed by atoms with Crippen LogP contribution < -0.4 is 0 Å². The van der Waals surface area contributed by atoms with Crippen molar-refractivity contribution in [3.8, 4) is 0 Å². The summed E-state index contributed by atoms with van der Waals surface area (Å²) >= 11 is 0. The van der Waals surface area contributed by atoms with E-state index in [-0.39, 0.29) is 6.61 Å². The van der Waals surface area contributed by atoms with E-state index in [1.165, 1.54) is 19.3 Å². The molecule has 0 aliphatic carbocycles. The quantitative estimate of drug-likeness (QED) is 0.579. The standard InChI is InChI=1S/C10H22O2/c1-3-9(2)6-4-5-7-10(12)8-11/h9-12H,3-8H2,1-2H3. The molecule has 0 aliphatic heterocycles. The molecule has 0 saturated heterocycles. The van der Waals surface area contributed by atoms with E-state index in [2.05, 4.69) is 13.8 Å². The molecule has 0 saturated carbocycles. The van der Waals surface area contributed by atoms with Crippen molar-refractivity contribution >= 4 is 0 Å². The van der Waals surface area contributed by atoms with Crippen LogP contribution >= 0.6 is 0 Å². The van der Waals surface area contributed by atoms with Crippen LogP contribution in [0.4, 0.5) is 0 Å². The van der Waals surface area contributed by atoms with Crippen molar-refractivity contribution in [3.05, 3.63) is 0 Å². The maximum Gasteiger partial charge on any atom is 0.0770 e. The molecule has 12 heavy (non-hydrogen) atoms. The second-order valence-corrected chi connectivity index (χ2v) is 3.63. The second kappa shape index (κ2) is 7.56.